The lowest BCUT2D eigenvalue weighted by atomic mass is 10.1. The Morgan fingerprint density at radius 1 is 1.36 bits per heavy atom. The van der Waals surface area contributed by atoms with E-state index in [-0.39, 0.29) is 11.4 Å². The highest BCUT2D eigenvalue weighted by atomic mass is 32.2. The number of benzene rings is 1. The number of carbonyl (C=O) groups is 1. The van der Waals surface area contributed by atoms with Crippen LogP contribution in [0.4, 0.5) is 0 Å². The summed E-state index contributed by atoms with van der Waals surface area (Å²) in [7, 11) is -0.962. The van der Waals surface area contributed by atoms with E-state index in [1.165, 1.54) is 13.2 Å². The first-order valence-electron chi connectivity index (χ1n) is 6.24. The molecule has 1 aliphatic rings. The van der Waals surface area contributed by atoms with Gasteiger partial charge in [0.1, 0.15) is 5.70 Å². The lowest BCUT2D eigenvalue weighted by molar-refractivity contribution is -0.136. The molecule has 1 aromatic heterocycles. The van der Waals surface area contributed by atoms with Crippen molar-refractivity contribution >= 4 is 32.9 Å². The topological polar surface area (TPSA) is 103 Å². The Labute approximate surface area is 126 Å². The number of esters is 1. The zero-order valence-corrected chi connectivity index (χ0v) is 12.6. The molecule has 22 heavy (non-hydrogen) atoms. The van der Waals surface area contributed by atoms with Gasteiger partial charge in [-0.25, -0.2) is 9.78 Å². The molecular weight excluding hydrogens is 308 g/mol. The van der Waals surface area contributed by atoms with Crippen LogP contribution in [0.25, 0.3) is 11.0 Å². The van der Waals surface area contributed by atoms with Crippen LogP contribution in [0.3, 0.4) is 0 Å². The zero-order valence-electron chi connectivity index (χ0n) is 11.8. The van der Waals surface area contributed by atoms with Gasteiger partial charge in [0.25, 0.3) is 0 Å². The summed E-state index contributed by atoms with van der Waals surface area (Å²) < 4.78 is 35.6. The number of hydrogen-bond acceptors (Lipinski definition) is 5. The van der Waals surface area contributed by atoms with Gasteiger partial charge in [-0.15, -0.1) is 4.40 Å². The third kappa shape index (κ3) is 2.46. The van der Waals surface area contributed by atoms with Crippen LogP contribution in [0, 0.1) is 0 Å². The normalized spacial score (nSPS) is 16.6. The smallest absolute Gasteiger partial charge is 0.355 e. The van der Waals surface area contributed by atoms with Crippen molar-refractivity contribution in [1.29, 1.82) is 0 Å². The second kappa shape index (κ2) is 4.95. The third-order valence-electron chi connectivity index (χ3n) is 3.17. The molecule has 1 aliphatic heterocycles. The molecule has 0 bridgehead atoms. The second-order valence-corrected chi connectivity index (χ2v) is 6.00. The highest BCUT2D eigenvalue weighted by Crippen LogP contribution is 2.18. The minimum Gasteiger partial charge on any atom is -0.464 e. The van der Waals surface area contributed by atoms with E-state index in [0.29, 0.717) is 11.1 Å². The standard InChI is InChI=1S/C13H12N4O4S/c1-17-7-14-10-5-8(3-4-12(10)17)9-6-11(13(18)21-2)16-22(19,20)15-9/h3-7,16H,1-2H3. The number of nitrogens with one attached hydrogen (secondary N) is 1. The Balaban J connectivity index is 2.12. The molecule has 8 nitrogen and oxygen atoms in total. The molecule has 0 saturated heterocycles. The van der Waals surface area contributed by atoms with Crippen LogP contribution in [-0.4, -0.2) is 36.8 Å². The average molecular weight is 320 g/mol. The molecule has 0 fully saturated rings. The summed E-state index contributed by atoms with van der Waals surface area (Å²) in [5.74, 6) is -0.783. The van der Waals surface area contributed by atoms with Crippen LogP contribution < -0.4 is 4.72 Å². The average Bonchev–Trinajstić information content (AvgIpc) is 2.85. The van der Waals surface area contributed by atoms with Gasteiger partial charge >= 0.3 is 16.2 Å². The molecule has 0 unspecified atom stereocenters. The Kier molecular flexibility index (Phi) is 3.21. The lowest BCUT2D eigenvalue weighted by Crippen LogP contribution is -2.31. The molecule has 9 heteroatoms. The molecule has 0 radical (unpaired) electrons. The van der Waals surface area contributed by atoms with E-state index in [9.17, 15) is 13.2 Å². The van der Waals surface area contributed by atoms with Gasteiger partial charge in [-0.05, 0) is 18.2 Å². The molecule has 0 atom stereocenters. The molecule has 1 N–H and O–H groups in total. The van der Waals surface area contributed by atoms with Crippen LogP contribution in [-0.2, 0) is 26.8 Å². The number of fused-ring (bicyclic) bond motifs is 1. The maximum Gasteiger partial charge on any atom is 0.355 e. The van der Waals surface area contributed by atoms with Crippen LogP contribution in [0.15, 0.2) is 40.7 Å². The number of carbonyl (C=O) groups excluding carboxylic acids is 1. The monoisotopic (exact) mass is 320 g/mol. The molecule has 1 aromatic carbocycles. The highest BCUT2D eigenvalue weighted by molar-refractivity contribution is 7.88. The molecule has 2 heterocycles. The van der Waals surface area contributed by atoms with Crippen LogP contribution in [0.2, 0.25) is 0 Å². The summed E-state index contributed by atoms with van der Waals surface area (Å²) in [6.45, 7) is 0. The predicted octanol–water partition coefficient (Wildman–Crippen LogP) is 0.267. The molecule has 2 aromatic rings. The Hall–Kier alpha value is -2.68. The number of allylic oxidation sites excluding steroid dienone is 1. The van der Waals surface area contributed by atoms with Crippen molar-refractivity contribution in [1.82, 2.24) is 14.3 Å². The summed E-state index contributed by atoms with van der Waals surface area (Å²) in [6, 6.07) is 5.23. The van der Waals surface area contributed by atoms with Gasteiger partial charge < -0.3 is 9.30 Å². The van der Waals surface area contributed by atoms with Gasteiger partial charge in [-0.1, -0.05) is 6.07 Å². The number of methoxy groups -OCH3 is 1. The molecule has 114 valence electrons. The van der Waals surface area contributed by atoms with Crippen molar-refractivity contribution in [2.24, 2.45) is 11.4 Å². The molecule has 3 rings (SSSR count). The van der Waals surface area contributed by atoms with Crippen molar-refractivity contribution in [3.05, 3.63) is 41.9 Å². The zero-order chi connectivity index (χ0) is 15.9. The quantitative estimate of drug-likeness (QED) is 0.800. The summed E-state index contributed by atoms with van der Waals surface area (Å²) >= 11 is 0. The van der Waals surface area contributed by atoms with Crippen LogP contribution in [0.1, 0.15) is 5.56 Å². The summed E-state index contributed by atoms with van der Waals surface area (Å²) in [4.78, 5) is 15.8. The van der Waals surface area contributed by atoms with Gasteiger partial charge in [0.15, 0.2) is 0 Å². The lowest BCUT2D eigenvalue weighted by Gasteiger charge is -2.13. The highest BCUT2D eigenvalue weighted by Gasteiger charge is 2.24. The number of rotatable bonds is 2. The number of nitrogens with zero attached hydrogens (tertiary/aromatic N) is 3. The first kappa shape index (κ1) is 14.3. The van der Waals surface area contributed by atoms with Crippen molar-refractivity contribution < 1.29 is 17.9 Å². The minimum absolute atomic E-state index is 0.145. The van der Waals surface area contributed by atoms with E-state index < -0.39 is 16.2 Å². The minimum atomic E-state index is -3.99. The van der Waals surface area contributed by atoms with E-state index in [1.54, 1.807) is 24.5 Å². The van der Waals surface area contributed by atoms with E-state index in [2.05, 4.69) is 14.1 Å². The van der Waals surface area contributed by atoms with Crippen LogP contribution >= 0.6 is 0 Å². The Morgan fingerprint density at radius 2 is 2.14 bits per heavy atom. The van der Waals surface area contributed by atoms with Crippen molar-refractivity contribution in [2.45, 2.75) is 0 Å². The van der Waals surface area contributed by atoms with Crippen molar-refractivity contribution in [3.8, 4) is 0 Å². The molecule has 0 amide bonds. The summed E-state index contributed by atoms with van der Waals surface area (Å²) in [5, 5.41) is 0. The maximum absolute atomic E-state index is 11.8. The predicted molar refractivity (Wildman–Crippen MR) is 79.4 cm³/mol. The largest absolute Gasteiger partial charge is 0.464 e. The summed E-state index contributed by atoms with van der Waals surface area (Å²) in [6.07, 6.45) is 2.99. The number of aromatic nitrogens is 2. The van der Waals surface area contributed by atoms with Gasteiger partial charge in [-0.2, -0.15) is 8.42 Å². The first-order valence-corrected chi connectivity index (χ1v) is 7.68. The second-order valence-electron chi connectivity index (χ2n) is 4.66. The Morgan fingerprint density at radius 3 is 2.86 bits per heavy atom. The van der Waals surface area contributed by atoms with E-state index in [1.807, 2.05) is 16.3 Å². The van der Waals surface area contributed by atoms with Crippen molar-refractivity contribution in [2.75, 3.05) is 7.11 Å². The fraction of sp³-hybridized carbons (Fsp3) is 0.154. The maximum atomic E-state index is 11.8. The van der Waals surface area contributed by atoms with E-state index >= 15 is 0 Å². The fourth-order valence-electron chi connectivity index (χ4n) is 2.13. The van der Waals surface area contributed by atoms with Gasteiger partial charge in [-0.3, -0.25) is 4.72 Å². The molecule has 0 saturated carbocycles. The Bertz CT molecular complexity index is 940. The molecular formula is C13H12N4O4S. The third-order valence-corrected chi connectivity index (χ3v) is 4.08. The first-order chi connectivity index (χ1) is 10.4. The SMILES string of the molecule is COC(=O)C1=CC(c2ccc3c(c2)ncn3C)=NS(=O)(=O)N1. The number of imidazole rings is 1. The van der Waals surface area contributed by atoms with Gasteiger partial charge in [0.05, 0.1) is 30.2 Å². The number of hydrogen-bond donors (Lipinski definition) is 1. The van der Waals surface area contributed by atoms with E-state index in [0.717, 1.165) is 5.52 Å². The number of ether oxygens (including phenoxy) is 1. The van der Waals surface area contributed by atoms with Crippen LogP contribution in [0.5, 0.6) is 0 Å². The fourth-order valence-corrected chi connectivity index (χ4v) is 3.01. The van der Waals surface area contributed by atoms with E-state index in [4.69, 9.17) is 0 Å². The van der Waals surface area contributed by atoms with Gasteiger partial charge in [0, 0.05) is 12.6 Å². The van der Waals surface area contributed by atoms with Crippen molar-refractivity contribution in [3.63, 3.8) is 0 Å². The summed E-state index contributed by atoms with van der Waals surface area (Å²) in [5.41, 5.74) is 2.10. The number of aryl methyl sites for hydroxylation is 1. The molecule has 0 spiro atoms. The molecule has 0 aliphatic carbocycles. The van der Waals surface area contributed by atoms with Gasteiger partial charge in [0.2, 0.25) is 0 Å².